The third kappa shape index (κ3) is 2.32. The summed E-state index contributed by atoms with van der Waals surface area (Å²) in [5, 5.41) is 10.3. The van der Waals surface area contributed by atoms with Gasteiger partial charge < -0.3 is 9.84 Å². The van der Waals surface area contributed by atoms with Crippen molar-refractivity contribution in [2.75, 3.05) is 13.2 Å². The van der Waals surface area contributed by atoms with Crippen molar-refractivity contribution in [1.29, 1.82) is 0 Å². The van der Waals surface area contributed by atoms with Gasteiger partial charge in [-0.2, -0.15) is 0 Å². The Hall–Kier alpha value is -1.79. The lowest BCUT2D eigenvalue weighted by atomic mass is 9.96. The number of halogens is 1. The molecule has 1 N–H and O–H groups in total. The number of nitrogens with zero attached hydrogens (tertiary/aromatic N) is 2. The van der Waals surface area contributed by atoms with Crippen LogP contribution < -0.4 is 5.56 Å². The normalized spacial score (nSPS) is 23.1. The summed E-state index contributed by atoms with van der Waals surface area (Å²) >= 11 is 0. The highest BCUT2D eigenvalue weighted by atomic mass is 19.1. The molecule has 0 spiro atoms. The summed E-state index contributed by atoms with van der Waals surface area (Å²) in [6.45, 7) is 0.847. The highest BCUT2D eigenvalue weighted by Gasteiger charge is 2.31. The maximum absolute atomic E-state index is 13.8. The number of ether oxygens (including phenoxy) is 1. The van der Waals surface area contributed by atoms with E-state index in [4.69, 9.17) is 4.74 Å². The quantitative estimate of drug-likeness (QED) is 0.892. The topological polar surface area (TPSA) is 64.4 Å². The zero-order valence-electron chi connectivity index (χ0n) is 10.9. The van der Waals surface area contributed by atoms with Crippen LogP contribution in [0.25, 0.3) is 10.9 Å². The van der Waals surface area contributed by atoms with Crippen LogP contribution in [0.3, 0.4) is 0 Å². The Morgan fingerprint density at radius 3 is 3.10 bits per heavy atom. The molecule has 1 saturated heterocycles. The van der Waals surface area contributed by atoms with Gasteiger partial charge in [0.05, 0.1) is 25.0 Å². The minimum Gasteiger partial charge on any atom is -0.386 e. The molecule has 106 valence electrons. The molecule has 2 heterocycles. The highest BCUT2D eigenvalue weighted by Crippen LogP contribution is 2.20. The molecule has 5 nitrogen and oxygen atoms in total. The molecule has 1 aromatic heterocycles. The largest absolute Gasteiger partial charge is 0.386 e. The van der Waals surface area contributed by atoms with Crippen molar-refractivity contribution in [3.05, 3.63) is 40.7 Å². The molecule has 6 heteroatoms. The van der Waals surface area contributed by atoms with Gasteiger partial charge in [-0.15, -0.1) is 0 Å². The Labute approximate surface area is 114 Å². The van der Waals surface area contributed by atoms with Crippen LogP contribution >= 0.6 is 0 Å². The molecule has 1 aromatic carbocycles. The zero-order chi connectivity index (χ0) is 14.2. The minimum atomic E-state index is -1.09. The van der Waals surface area contributed by atoms with Crippen molar-refractivity contribution in [3.63, 3.8) is 0 Å². The van der Waals surface area contributed by atoms with Crippen LogP contribution in [0.4, 0.5) is 4.39 Å². The Morgan fingerprint density at radius 1 is 1.50 bits per heavy atom. The van der Waals surface area contributed by atoms with Crippen LogP contribution in [0, 0.1) is 5.82 Å². The minimum absolute atomic E-state index is 0.0460. The summed E-state index contributed by atoms with van der Waals surface area (Å²) in [6, 6.07) is 4.33. The maximum Gasteiger partial charge on any atom is 0.264 e. The van der Waals surface area contributed by atoms with E-state index in [1.807, 2.05) is 0 Å². The summed E-state index contributed by atoms with van der Waals surface area (Å²) in [5.74, 6) is -0.596. The van der Waals surface area contributed by atoms with Gasteiger partial charge in [-0.25, -0.2) is 9.37 Å². The predicted octanol–water partition coefficient (Wildman–Crippen LogP) is 1.08. The first-order valence-corrected chi connectivity index (χ1v) is 6.53. The zero-order valence-corrected chi connectivity index (χ0v) is 10.9. The smallest absolute Gasteiger partial charge is 0.264 e. The molecule has 1 atom stereocenters. The average Bonchev–Trinajstić information content (AvgIpc) is 2.43. The van der Waals surface area contributed by atoms with Gasteiger partial charge in [0.2, 0.25) is 0 Å². The van der Waals surface area contributed by atoms with Crippen molar-refractivity contribution in [2.24, 2.45) is 0 Å². The molecule has 20 heavy (non-hydrogen) atoms. The van der Waals surface area contributed by atoms with E-state index in [0.717, 1.165) is 6.42 Å². The van der Waals surface area contributed by atoms with E-state index in [0.29, 0.717) is 18.5 Å². The lowest BCUT2D eigenvalue weighted by Crippen LogP contribution is -2.44. The summed E-state index contributed by atoms with van der Waals surface area (Å²) in [6.07, 6.45) is 2.63. The fraction of sp³-hybridized carbons (Fsp3) is 0.429. The van der Waals surface area contributed by atoms with Crippen LogP contribution in [-0.4, -0.2) is 33.5 Å². The average molecular weight is 278 g/mol. The Bertz CT molecular complexity index is 692. The number of fused-ring (bicyclic) bond motifs is 1. The fourth-order valence-corrected chi connectivity index (χ4v) is 2.55. The lowest BCUT2D eigenvalue weighted by molar-refractivity contribution is -0.0947. The molecule has 0 aliphatic carbocycles. The van der Waals surface area contributed by atoms with Gasteiger partial charge in [-0.3, -0.25) is 9.36 Å². The van der Waals surface area contributed by atoms with Crippen LogP contribution in [0.15, 0.2) is 29.3 Å². The second-order valence-electron chi connectivity index (χ2n) is 5.19. The third-order valence-corrected chi connectivity index (χ3v) is 3.57. The Balaban J connectivity index is 2.02. The van der Waals surface area contributed by atoms with Crippen molar-refractivity contribution >= 4 is 10.9 Å². The summed E-state index contributed by atoms with van der Waals surface area (Å²) in [7, 11) is 0. The second kappa shape index (κ2) is 4.96. The number of rotatable bonds is 2. The number of hydrogen-bond donors (Lipinski definition) is 1. The van der Waals surface area contributed by atoms with E-state index < -0.39 is 17.0 Å². The van der Waals surface area contributed by atoms with Gasteiger partial charge in [0.25, 0.3) is 5.56 Å². The van der Waals surface area contributed by atoms with E-state index in [2.05, 4.69) is 4.98 Å². The first-order chi connectivity index (χ1) is 9.59. The first-order valence-electron chi connectivity index (χ1n) is 6.53. The van der Waals surface area contributed by atoms with E-state index in [1.54, 1.807) is 6.07 Å². The Kier molecular flexibility index (Phi) is 3.27. The standard InChI is InChI=1S/C14H15FN2O3/c15-10-3-1-4-11-12(10)13(18)17(9-16-11)7-14(19)5-2-6-20-8-14/h1,3-4,9,19H,2,5-8H2. The van der Waals surface area contributed by atoms with Gasteiger partial charge in [-0.1, -0.05) is 6.07 Å². The molecule has 0 saturated carbocycles. The molecule has 2 aromatic rings. The fourth-order valence-electron chi connectivity index (χ4n) is 2.55. The molecular weight excluding hydrogens is 263 g/mol. The number of aliphatic hydroxyl groups is 1. The number of aromatic nitrogens is 2. The molecule has 1 unspecified atom stereocenters. The van der Waals surface area contributed by atoms with E-state index in [1.165, 1.54) is 23.0 Å². The molecule has 1 fully saturated rings. The van der Waals surface area contributed by atoms with E-state index in [9.17, 15) is 14.3 Å². The number of benzene rings is 1. The van der Waals surface area contributed by atoms with E-state index >= 15 is 0 Å². The maximum atomic E-state index is 13.8. The van der Waals surface area contributed by atoms with Crippen molar-refractivity contribution < 1.29 is 14.2 Å². The first kappa shape index (κ1) is 13.2. The molecule has 1 aliphatic heterocycles. The summed E-state index contributed by atoms with van der Waals surface area (Å²) < 4.78 is 20.3. The Morgan fingerprint density at radius 2 is 2.35 bits per heavy atom. The second-order valence-corrected chi connectivity index (χ2v) is 5.19. The summed E-state index contributed by atoms with van der Waals surface area (Å²) in [4.78, 5) is 16.4. The van der Waals surface area contributed by atoms with Gasteiger partial charge >= 0.3 is 0 Å². The van der Waals surface area contributed by atoms with Gasteiger partial charge in [0.1, 0.15) is 16.8 Å². The summed E-state index contributed by atoms with van der Waals surface area (Å²) in [5.41, 5.74) is -1.26. The van der Waals surface area contributed by atoms with Crippen molar-refractivity contribution in [1.82, 2.24) is 9.55 Å². The van der Waals surface area contributed by atoms with Gasteiger partial charge in [0.15, 0.2) is 0 Å². The molecule has 1 aliphatic rings. The van der Waals surface area contributed by atoms with Crippen LogP contribution in [0.5, 0.6) is 0 Å². The lowest BCUT2D eigenvalue weighted by Gasteiger charge is -2.32. The third-order valence-electron chi connectivity index (χ3n) is 3.57. The highest BCUT2D eigenvalue weighted by molar-refractivity contribution is 5.77. The molecule has 3 rings (SSSR count). The predicted molar refractivity (Wildman–Crippen MR) is 71.0 cm³/mol. The monoisotopic (exact) mass is 278 g/mol. The van der Waals surface area contributed by atoms with Crippen LogP contribution in [-0.2, 0) is 11.3 Å². The molecule has 0 bridgehead atoms. The molecule has 0 radical (unpaired) electrons. The number of hydrogen-bond acceptors (Lipinski definition) is 4. The van der Waals surface area contributed by atoms with Crippen molar-refractivity contribution in [2.45, 2.75) is 25.0 Å². The van der Waals surface area contributed by atoms with Crippen LogP contribution in [0.2, 0.25) is 0 Å². The van der Waals surface area contributed by atoms with Crippen molar-refractivity contribution in [3.8, 4) is 0 Å². The van der Waals surface area contributed by atoms with Crippen LogP contribution in [0.1, 0.15) is 12.8 Å². The SMILES string of the molecule is O=c1c2c(F)cccc2ncn1CC1(O)CCCOC1. The van der Waals surface area contributed by atoms with Gasteiger partial charge in [0, 0.05) is 6.61 Å². The molecule has 0 amide bonds. The molecular formula is C14H15FN2O3. The van der Waals surface area contributed by atoms with E-state index in [-0.39, 0.29) is 18.5 Å². The van der Waals surface area contributed by atoms with Gasteiger partial charge in [-0.05, 0) is 25.0 Å².